The molecule has 1 aromatic rings. The summed E-state index contributed by atoms with van der Waals surface area (Å²) >= 11 is 0. The van der Waals surface area contributed by atoms with E-state index in [0.29, 0.717) is 37.2 Å². The van der Waals surface area contributed by atoms with Crippen LogP contribution in [0.25, 0.3) is 0 Å². The number of aliphatic hydroxyl groups excluding tert-OH is 1. The summed E-state index contributed by atoms with van der Waals surface area (Å²) < 4.78 is 5.29. The van der Waals surface area contributed by atoms with E-state index in [4.69, 9.17) is 4.74 Å². The zero-order chi connectivity index (χ0) is 14.3. The molecule has 2 aliphatic rings. The van der Waals surface area contributed by atoms with E-state index in [0.717, 1.165) is 5.56 Å². The second-order valence-electron chi connectivity index (χ2n) is 5.49. The van der Waals surface area contributed by atoms with E-state index in [1.54, 1.807) is 12.1 Å². The van der Waals surface area contributed by atoms with Crippen LogP contribution in [0.2, 0.25) is 0 Å². The van der Waals surface area contributed by atoms with Crippen molar-refractivity contribution in [1.82, 2.24) is 4.90 Å². The Morgan fingerprint density at radius 2 is 1.85 bits per heavy atom. The van der Waals surface area contributed by atoms with Crippen molar-refractivity contribution in [3.8, 4) is 0 Å². The number of hydrogen-bond acceptors (Lipinski definition) is 4. The molecule has 106 valence electrons. The SMILES string of the molecule is Cc1ccc2c(c1)C(=O)N(C1(CO)CCOCC1)C2=O. The van der Waals surface area contributed by atoms with Gasteiger partial charge in [-0.05, 0) is 31.9 Å². The summed E-state index contributed by atoms with van der Waals surface area (Å²) in [4.78, 5) is 26.4. The van der Waals surface area contributed by atoms with Gasteiger partial charge in [0.2, 0.25) is 0 Å². The lowest BCUT2D eigenvalue weighted by Gasteiger charge is -2.41. The molecule has 1 saturated heterocycles. The van der Waals surface area contributed by atoms with Crippen LogP contribution in [0.4, 0.5) is 0 Å². The maximum atomic E-state index is 12.6. The van der Waals surface area contributed by atoms with Crippen molar-refractivity contribution in [2.24, 2.45) is 0 Å². The van der Waals surface area contributed by atoms with Crippen LogP contribution < -0.4 is 0 Å². The highest BCUT2D eigenvalue weighted by molar-refractivity contribution is 6.22. The summed E-state index contributed by atoms with van der Waals surface area (Å²) in [5.41, 5.74) is 0.991. The number of aliphatic hydroxyl groups is 1. The van der Waals surface area contributed by atoms with Crippen LogP contribution in [-0.4, -0.2) is 47.2 Å². The number of aryl methyl sites for hydroxylation is 1. The monoisotopic (exact) mass is 275 g/mol. The van der Waals surface area contributed by atoms with Crippen molar-refractivity contribution >= 4 is 11.8 Å². The maximum absolute atomic E-state index is 12.6. The molecule has 2 aliphatic heterocycles. The third-order valence-corrected chi connectivity index (χ3v) is 4.23. The minimum absolute atomic E-state index is 0.221. The Morgan fingerprint density at radius 3 is 2.50 bits per heavy atom. The van der Waals surface area contributed by atoms with Crippen molar-refractivity contribution in [2.75, 3.05) is 19.8 Å². The normalized spacial score (nSPS) is 21.2. The van der Waals surface area contributed by atoms with Gasteiger partial charge >= 0.3 is 0 Å². The third kappa shape index (κ3) is 1.77. The van der Waals surface area contributed by atoms with Gasteiger partial charge in [-0.15, -0.1) is 0 Å². The molecule has 5 nitrogen and oxygen atoms in total. The Bertz CT molecular complexity index is 575. The smallest absolute Gasteiger partial charge is 0.262 e. The average molecular weight is 275 g/mol. The molecule has 2 amide bonds. The van der Waals surface area contributed by atoms with E-state index >= 15 is 0 Å². The summed E-state index contributed by atoms with van der Waals surface area (Å²) in [6.07, 6.45) is 0.960. The molecule has 1 aromatic carbocycles. The molecule has 20 heavy (non-hydrogen) atoms. The minimum Gasteiger partial charge on any atom is -0.394 e. The topological polar surface area (TPSA) is 66.8 Å². The molecule has 0 aromatic heterocycles. The molecule has 0 saturated carbocycles. The predicted molar refractivity (Wildman–Crippen MR) is 71.5 cm³/mol. The minimum atomic E-state index is -0.820. The second-order valence-corrected chi connectivity index (χ2v) is 5.49. The van der Waals surface area contributed by atoms with E-state index in [1.165, 1.54) is 4.90 Å². The Labute approximate surface area is 117 Å². The number of amides is 2. The third-order valence-electron chi connectivity index (χ3n) is 4.23. The van der Waals surface area contributed by atoms with Crippen molar-refractivity contribution in [2.45, 2.75) is 25.3 Å². The number of fused-ring (bicyclic) bond motifs is 1. The van der Waals surface area contributed by atoms with E-state index in [9.17, 15) is 14.7 Å². The number of hydrogen-bond donors (Lipinski definition) is 1. The lowest BCUT2D eigenvalue weighted by atomic mass is 9.89. The van der Waals surface area contributed by atoms with Gasteiger partial charge in [-0.3, -0.25) is 14.5 Å². The summed E-state index contributed by atoms with van der Waals surface area (Å²) in [6, 6.07) is 5.25. The first kappa shape index (κ1) is 13.3. The Kier molecular flexibility index (Phi) is 3.11. The number of imide groups is 1. The average Bonchev–Trinajstić information content (AvgIpc) is 2.71. The molecule has 1 fully saturated rings. The molecule has 0 bridgehead atoms. The fraction of sp³-hybridized carbons (Fsp3) is 0.467. The summed E-state index contributed by atoms with van der Waals surface area (Å²) in [6.45, 7) is 2.57. The fourth-order valence-corrected chi connectivity index (χ4v) is 2.99. The number of nitrogens with zero attached hydrogens (tertiary/aromatic N) is 1. The first-order valence-corrected chi connectivity index (χ1v) is 6.77. The molecular weight excluding hydrogens is 258 g/mol. The number of benzene rings is 1. The second kappa shape index (κ2) is 4.68. The lowest BCUT2D eigenvalue weighted by Crippen LogP contribution is -2.57. The molecule has 0 atom stereocenters. The Balaban J connectivity index is 2.04. The van der Waals surface area contributed by atoms with Gasteiger partial charge in [0.05, 0.1) is 23.3 Å². The summed E-state index contributed by atoms with van der Waals surface area (Å²) in [5.74, 6) is -0.606. The van der Waals surface area contributed by atoms with Crippen LogP contribution in [0, 0.1) is 6.92 Å². The number of carbonyl (C=O) groups is 2. The van der Waals surface area contributed by atoms with Gasteiger partial charge in [-0.1, -0.05) is 11.6 Å². The largest absolute Gasteiger partial charge is 0.394 e. The van der Waals surface area contributed by atoms with Gasteiger partial charge in [0.15, 0.2) is 0 Å². The van der Waals surface area contributed by atoms with Crippen LogP contribution in [0.5, 0.6) is 0 Å². The highest BCUT2D eigenvalue weighted by atomic mass is 16.5. The quantitative estimate of drug-likeness (QED) is 0.822. The highest BCUT2D eigenvalue weighted by Gasteiger charge is 2.49. The molecular formula is C15H17NO4. The summed E-state index contributed by atoms with van der Waals surface area (Å²) in [7, 11) is 0. The van der Waals surface area contributed by atoms with Crippen LogP contribution in [0.1, 0.15) is 39.1 Å². The van der Waals surface area contributed by atoms with Crippen molar-refractivity contribution in [3.05, 3.63) is 34.9 Å². The van der Waals surface area contributed by atoms with Gasteiger partial charge < -0.3 is 9.84 Å². The number of carbonyl (C=O) groups excluding carboxylic acids is 2. The zero-order valence-corrected chi connectivity index (χ0v) is 11.4. The first-order valence-electron chi connectivity index (χ1n) is 6.77. The molecule has 0 radical (unpaired) electrons. The van der Waals surface area contributed by atoms with E-state index in [2.05, 4.69) is 0 Å². The van der Waals surface area contributed by atoms with Crippen LogP contribution >= 0.6 is 0 Å². The van der Waals surface area contributed by atoms with Gasteiger partial charge in [-0.25, -0.2) is 0 Å². The first-order chi connectivity index (χ1) is 9.59. The highest BCUT2D eigenvalue weighted by Crippen LogP contribution is 2.35. The van der Waals surface area contributed by atoms with Crippen LogP contribution in [0.3, 0.4) is 0 Å². The Morgan fingerprint density at radius 1 is 1.20 bits per heavy atom. The van der Waals surface area contributed by atoms with E-state index < -0.39 is 5.54 Å². The van der Waals surface area contributed by atoms with Gasteiger partial charge in [0.25, 0.3) is 11.8 Å². The van der Waals surface area contributed by atoms with Gasteiger partial charge in [-0.2, -0.15) is 0 Å². The molecule has 5 heteroatoms. The predicted octanol–water partition coefficient (Wildman–Crippen LogP) is 1.13. The molecule has 0 spiro atoms. The van der Waals surface area contributed by atoms with Gasteiger partial charge in [0, 0.05) is 13.2 Å². The Hall–Kier alpha value is -1.72. The lowest BCUT2D eigenvalue weighted by molar-refractivity contribution is -0.0337. The van der Waals surface area contributed by atoms with Gasteiger partial charge in [0.1, 0.15) is 0 Å². The van der Waals surface area contributed by atoms with Crippen molar-refractivity contribution in [3.63, 3.8) is 0 Å². The molecule has 0 unspecified atom stereocenters. The molecule has 0 aliphatic carbocycles. The van der Waals surface area contributed by atoms with E-state index in [-0.39, 0.29) is 18.4 Å². The molecule has 1 N–H and O–H groups in total. The maximum Gasteiger partial charge on any atom is 0.262 e. The molecule has 3 rings (SSSR count). The summed E-state index contributed by atoms with van der Waals surface area (Å²) in [5, 5.41) is 9.77. The molecule has 2 heterocycles. The van der Waals surface area contributed by atoms with E-state index in [1.807, 2.05) is 13.0 Å². The van der Waals surface area contributed by atoms with Crippen LogP contribution in [0.15, 0.2) is 18.2 Å². The number of ether oxygens (including phenoxy) is 1. The standard InChI is InChI=1S/C15H17NO4/c1-10-2-3-11-12(8-10)14(19)16(13(11)18)15(9-17)4-6-20-7-5-15/h2-3,8,17H,4-7,9H2,1H3. The number of rotatable bonds is 2. The van der Waals surface area contributed by atoms with Crippen molar-refractivity contribution < 1.29 is 19.4 Å². The zero-order valence-electron chi connectivity index (χ0n) is 11.4. The van der Waals surface area contributed by atoms with Crippen LogP contribution in [-0.2, 0) is 4.74 Å². The fourth-order valence-electron chi connectivity index (χ4n) is 2.99. The van der Waals surface area contributed by atoms with Crippen molar-refractivity contribution in [1.29, 1.82) is 0 Å².